The van der Waals surface area contributed by atoms with Gasteiger partial charge in [-0.1, -0.05) is 65.7 Å². The van der Waals surface area contributed by atoms with Crippen molar-refractivity contribution < 1.29 is 23.5 Å². The number of para-hydroxylation sites is 1. The largest absolute Gasteiger partial charge is 0.482 e. The molecule has 41 heavy (non-hydrogen) atoms. The van der Waals surface area contributed by atoms with Crippen molar-refractivity contribution >= 4 is 51.7 Å². The van der Waals surface area contributed by atoms with Crippen LogP contribution in [0.4, 0.5) is 5.69 Å². The monoisotopic (exact) mass is 593 g/mol. The lowest BCUT2D eigenvalue weighted by Crippen LogP contribution is -2.48. The molecule has 0 saturated carbocycles. The number of hydrogen-bond acceptors (Lipinski definition) is 6. The van der Waals surface area contributed by atoms with Gasteiger partial charge in [0.1, 0.15) is 23.6 Å². The van der Waals surface area contributed by atoms with Crippen molar-refractivity contribution in [2.24, 2.45) is 0 Å². The predicted molar refractivity (Wildman–Crippen MR) is 159 cm³/mol. The van der Waals surface area contributed by atoms with Gasteiger partial charge in [0.25, 0.3) is 5.91 Å². The molecule has 212 valence electrons. The summed E-state index contributed by atoms with van der Waals surface area (Å²) < 4.78 is 17.1. The van der Waals surface area contributed by atoms with Gasteiger partial charge in [0.2, 0.25) is 5.91 Å². The number of anilines is 1. The van der Waals surface area contributed by atoms with E-state index in [2.05, 4.69) is 4.90 Å². The van der Waals surface area contributed by atoms with Crippen LogP contribution in [0.25, 0.3) is 22.3 Å². The highest BCUT2D eigenvalue weighted by molar-refractivity contribution is 6.42. The van der Waals surface area contributed by atoms with E-state index in [4.69, 9.17) is 37.1 Å². The Kier molecular flexibility index (Phi) is 7.90. The Morgan fingerprint density at radius 3 is 2.49 bits per heavy atom. The normalized spacial score (nSPS) is 16.4. The predicted octanol–water partition coefficient (Wildman–Crippen LogP) is 5.66. The van der Waals surface area contributed by atoms with E-state index in [9.17, 15) is 9.59 Å². The first-order valence-corrected chi connectivity index (χ1v) is 14.2. The van der Waals surface area contributed by atoms with Crippen molar-refractivity contribution in [2.45, 2.75) is 6.04 Å². The molecule has 1 fully saturated rings. The minimum absolute atomic E-state index is 0.152. The molecule has 10 heteroatoms. The highest BCUT2D eigenvalue weighted by atomic mass is 35.5. The first-order chi connectivity index (χ1) is 19.9. The minimum atomic E-state index is -0.322. The van der Waals surface area contributed by atoms with Crippen molar-refractivity contribution in [1.29, 1.82) is 0 Å². The SMILES string of the molecule is CN(C(=O)CN1C(=O)COc2cc(Cl)c(Cl)cc21)C(CN1CCOCC1)c1ccc(-c2cc3ccccc3o2)cc1. The van der Waals surface area contributed by atoms with Gasteiger partial charge in [0.05, 0.1) is 35.0 Å². The Bertz CT molecular complexity index is 1550. The van der Waals surface area contributed by atoms with Crippen LogP contribution in [-0.2, 0) is 14.3 Å². The van der Waals surface area contributed by atoms with E-state index in [0.717, 1.165) is 40.9 Å². The van der Waals surface area contributed by atoms with Crippen LogP contribution in [0.3, 0.4) is 0 Å². The second-order valence-corrected chi connectivity index (χ2v) is 11.0. The van der Waals surface area contributed by atoms with Crippen molar-refractivity contribution in [3.63, 3.8) is 0 Å². The summed E-state index contributed by atoms with van der Waals surface area (Å²) >= 11 is 12.4. The fraction of sp³-hybridized carbons (Fsp3) is 0.290. The number of likely N-dealkylation sites (N-methyl/N-ethyl adjacent to an activating group) is 1. The zero-order valence-electron chi connectivity index (χ0n) is 22.5. The average molecular weight is 594 g/mol. The summed E-state index contributed by atoms with van der Waals surface area (Å²) in [6.07, 6.45) is 0. The van der Waals surface area contributed by atoms with E-state index >= 15 is 0 Å². The molecule has 0 aliphatic carbocycles. The van der Waals surface area contributed by atoms with Crippen LogP contribution < -0.4 is 9.64 Å². The van der Waals surface area contributed by atoms with Gasteiger partial charge in [0, 0.05) is 43.7 Å². The second kappa shape index (κ2) is 11.7. The topological polar surface area (TPSA) is 75.5 Å². The standard InChI is InChI=1S/C31H29Cl2N3O5/c1-34(30(37)18-36-25-15-23(32)24(33)16-29(25)40-19-31(36)38)26(17-35-10-12-39-13-11-35)20-6-8-21(9-7-20)28-14-22-4-2-3-5-27(22)41-28/h2-9,14-16,26H,10-13,17-19H2,1H3. The molecule has 1 unspecified atom stereocenters. The smallest absolute Gasteiger partial charge is 0.265 e. The molecular formula is C31H29Cl2N3O5. The van der Waals surface area contributed by atoms with Gasteiger partial charge in [-0.25, -0.2) is 0 Å². The van der Waals surface area contributed by atoms with Crippen molar-refractivity contribution in [3.8, 4) is 17.1 Å². The Balaban J connectivity index is 1.26. The summed E-state index contributed by atoms with van der Waals surface area (Å²) in [4.78, 5) is 32.0. The summed E-state index contributed by atoms with van der Waals surface area (Å²) in [5.74, 6) is 0.671. The Labute approximate surface area is 247 Å². The van der Waals surface area contributed by atoms with Crippen LogP contribution in [0.1, 0.15) is 11.6 Å². The molecule has 2 amide bonds. The quantitative estimate of drug-likeness (QED) is 0.275. The van der Waals surface area contributed by atoms with Crippen molar-refractivity contribution in [2.75, 3.05) is 57.9 Å². The number of furan rings is 1. The number of morpholine rings is 1. The number of benzene rings is 3. The molecule has 0 spiro atoms. The van der Waals surface area contributed by atoms with E-state index in [1.165, 1.54) is 4.90 Å². The number of rotatable bonds is 7. The van der Waals surface area contributed by atoms with Crippen molar-refractivity contribution in [3.05, 3.63) is 82.3 Å². The summed E-state index contributed by atoms with van der Waals surface area (Å²) in [6, 6.07) is 20.9. The molecule has 3 heterocycles. The lowest BCUT2D eigenvalue weighted by atomic mass is 10.0. The molecule has 1 atom stereocenters. The van der Waals surface area contributed by atoms with E-state index in [1.807, 2.05) is 54.6 Å². The maximum absolute atomic E-state index is 13.7. The van der Waals surface area contributed by atoms with Crippen LogP contribution in [0, 0.1) is 0 Å². The number of halogens is 2. The van der Waals surface area contributed by atoms with E-state index < -0.39 is 0 Å². The number of carbonyl (C=O) groups is 2. The van der Waals surface area contributed by atoms with Gasteiger partial charge in [0.15, 0.2) is 6.61 Å². The zero-order chi connectivity index (χ0) is 28.5. The van der Waals surface area contributed by atoms with Crippen LogP contribution >= 0.6 is 23.2 Å². The van der Waals surface area contributed by atoms with Crippen molar-refractivity contribution in [1.82, 2.24) is 9.80 Å². The Morgan fingerprint density at radius 1 is 1.00 bits per heavy atom. The zero-order valence-corrected chi connectivity index (χ0v) is 24.0. The molecule has 1 saturated heterocycles. The van der Waals surface area contributed by atoms with Crippen LogP contribution in [0.5, 0.6) is 5.75 Å². The molecule has 8 nitrogen and oxygen atoms in total. The summed E-state index contributed by atoms with van der Waals surface area (Å²) in [7, 11) is 1.78. The lowest BCUT2D eigenvalue weighted by Gasteiger charge is -2.37. The average Bonchev–Trinajstić information content (AvgIpc) is 3.43. The molecule has 1 aromatic heterocycles. The number of fused-ring (bicyclic) bond motifs is 2. The van der Waals surface area contributed by atoms with E-state index in [1.54, 1.807) is 24.1 Å². The third kappa shape index (κ3) is 5.78. The van der Waals surface area contributed by atoms with E-state index in [-0.39, 0.29) is 36.0 Å². The molecule has 0 N–H and O–H groups in total. The molecule has 3 aromatic carbocycles. The molecule has 2 aliphatic heterocycles. The number of ether oxygens (including phenoxy) is 2. The first-order valence-electron chi connectivity index (χ1n) is 13.4. The maximum atomic E-state index is 13.7. The van der Waals surface area contributed by atoms with Crippen LogP contribution in [0.15, 0.2) is 71.1 Å². The highest BCUT2D eigenvalue weighted by Gasteiger charge is 2.32. The fourth-order valence-corrected chi connectivity index (χ4v) is 5.58. The van der Waals surface area contributed by atoms with Gasteiger partial charge in [-0.15, -0.1) is 0 Å². The maximum Gasteiger partial charge on any atom is 0.265 e. The van der Waals surface area contributed by atoms with Gasteiger partial charge in [-0.05, 0) is 23.8 Å². The summed E-state index contributed by atoms with van der Waals surface area (Å²) in [6.45, 7) is 3.16. The number of carbonyl (C=O) groups excluding carboxylic acids is 2. The Hall–Kier alpha value is -3.56. The second-order valence-electron chi connectivity index (χ2n) is 10.2. The molecular weight excluding hydrogens is 565 g/mol. The molecule has 0 bridgehead atoms. The molecule has 2 aliphatic rings. The third-order valence-electron chi connectivity index (χ3n) is 7.64. The van der Waals surface area contributed by atoms with E-state index in [0.29, 0.717) is 36.2 Å². The fourth-order valence-electron chi connectivity index (χ4n) is 5.26. The number of hydrogen-bond donors (Lipinski definition) is 0. The van der Waals surface area contributed by atoms with Crippen LogP contribution in [-0.4, -0.2) is 74.7 Å². The van der Waals surface area contributed by atoms with Gasteiger partial charge >= 0.3 is 0 Å². The molecule has 4 aromatic rings. The molecule has 6 rings (SSSR count). The summed E-state index contributed by atoms with van der Waals surface area (Å²) in [5, 5.41) is 1.65. The number of nitrogens with zero attached hydrogens (tertiary/aromatic N) is 3. The first kappa shape index (κ1) is 27.6. The van der Waals surface area contributed by atoms with Crippen LogP contribution in [0.2, 0.25) is 10.0 Å². The highest BCUT2D eigenvalue weighted by Crippen LogP contribution is 2.39. The molecule has 0 radical (unpaired) electrons. The minimum Gasteiger partial charge on any atom is -0.482 e. The van der Waals surface area contributed by atoms with Gasteiger partial charge in [-0.2, -0.15) is 0 Å². The van der Waals surface area contributed by atoms with Gasteiger partial charge < -0.3 is 18.8 Å². The summed E-state index contributed by atoms with van der Waals surface area (Å²) in [5.41, 5.74) is 3.20. The van der Waals surface area contributed by atoms with Gasteiger partial charge in [-0.3, -0.25) is 19.4 Å². The lowest BCUT2D eigenvalue weighted by molar-refractivity contribution is -0.133. The third-order valence-corrected chi connectivity index (χ3v) is 8.36. The Morgan fingerprint density at radius 2 is 1.73 bits per heavy atom. The number of amides is 2.